The van der Waals surface area contributed by atoms with Gasteiger partial charge in [-0.15, -0.1) is 5.10 Å². The number of anilines is 1. The number of nitrogens with two attached hydrogens (primary N) is 1. The summed E-state index contributed by atoms with van der Waals surface area (Å²) >= 11 is 0. The number of ether oxygens (including phenoxy) is 1. The number of carbonyl (C=O) groups excluding carboxylic acids is 1. The summed E-state index contributed by atoms with van der Waals surface area (Å²) in [5, 5.41) is 10.8. The van der Waals surface area contributed by atoms with E-state index in [9.17, 15) is 4.79 Å². The van der Waals surface area contributed by atoms with E-state index in [1.54, 1.807) is 31.4 Å². The number of aromatic nitrogens is 3. The van der Waals surface area contributed by atoms with Gasteiger partial charge < -0.3 is 15.8 Å². The van der Waals surface area contributed by atoms with Crippen LogP contribution in [-0.4, -0.2) is 34.6 Å². The molecule has 0 unspecified atom stereocenters. The van der Waals surface area contributed by atoms with Gasteiger partial charge in [-0.3, -0.25) is 4.79 Å². The van der Waals surface area contributed by atoms with Crippen molar-refractivity contribution in [3.63, 3.8) is 0 Å². The smallest absolute Gasteiger partial charge is 0.275 e. The van der Waals surface area contributed by atoms with Crippen LogP contribution in [0.1, 0.15) is 28.9 Å². The van der Waals surface area contributed by atoms with E-state index in [1.165, 1.54) is 4.68 Å². The molecule has 3 rings (SSSR count). The lowest BCUT2D eigenvalue weighted by molar-refractivity contribution is 0.0947. The Morgan fingerprint density at radius 3 is 2.54 bits per heavy atom. The van der Waals surface area contributed by atoms with Crippen LogP contribution in [0.2, 0.25) is 0 Å². The highest BCUT2D eigenvalue weighted by Gasteiger charge is 2.19. The van der Waals surface area contributed by atoms with Crippen molar-refractivity contribution in [3.05, 3.63) is 65.9 Å². The Hall–Kier alpha value is -3.35. The number of benzene rings is 2. The highest BCUT2D eigenvalue weighted by molar-refractivity contribution is 5.96. The van der Waals surface area contributed by atoms with E-state index in [0.717, 1.165) is 11.3 Å². The maximum Gasteiger partial charge on any atom is 0.275 e. The molecule has 1 amide bonds. The molecule has 1 atom stereocenters. The van der Waals surface area contributed by atoms with Gasteiger partial charge in [0.05, 0.1) is 12.8 Å². The van der Waals surface area contributed by atoms with E-state index in [2.05, 4.69) is 15.6 Å². The number of methoxy groups -OCH3 is 1. The number of hydrogen-bond acceptors (Lipinski definition) is 5. The quantitative estimate of drug-likeness (QED) is 0.711. The molecule has 2 aromatic carbocycles. The summed E-state index contributed by atoms with van der Waals surface area (Å²) < 4.78 is 6.55. The average molecular weight is 351 g/mol. The fourth-order valence-corrected chi connectivity index (χ4v) is 2.59. The lowest BCUT2D eigenvalue weighted by atomic mass is 10.0. The minimum Gasteiger partial charge on any atom is -0.497 e. The Labute approximate surface area is 151 Å². The van der Waals surface area contributed by atoms with Gasteiger partial charge in [-0.1, -0.05) is 42.5 Å². The molecule has 3 aromatic rings. The summed E-state index contributed by atoms with van der Waals surface area (Å²) in [6, 6.07) is 17.2. The van der Waals surface area contributed by atoms with Gasteiger partial charge in [-0.25, -0.2) is 0 Å². The van der Waals surface area contributed by atoms with Crippen LogP contribution >= 0.6 is 0 Å². The molecule has 0 spiro atoms. The second-order valence-corrected chi connectivity index (χ2v) is 5.95. The number of carbonyl (C=O) groups is 1. The number of amides is 1. The number of nitrogen functional groups attached to an aromatic ring is 1. The minimum atomic E-state index is -0.343. The summed E-state index contributed by atoms with van der Waals surface area (Å²) in [7, 11) is 1.59. The monoisotopic (exact) mass is 351 g/mol. The summed E-state index contributed by atoms with van der Waals surface area (Å²) in [5.74, 6) is 0.753. The molecule has 0 radical (unpaired) electrons. The molecule has 3 N–H and O–H groups in total. The predicted molar refractivity (Wildman–Crippen MR) is 99.5 cm³/mol. The van der Waals surface area contributed by atoms with Crippen molar-refractivity contribution in [2.75, 3.05) is 19.4 Å². The van der Waals surface area contributed by atoms with Crippen molar-refractivity contribution in [1.29, 1.82) is 0 Å². The Bertz CT molecular complexity index is 875. The Balaban J connectivity index is 1.69. The molecule has 0 fully saturated rings. The van der Waals surface area contributed by atoms with Gasteiger partial charge in [0.15, 0.2) is 11.5 Å². The highest BCUT2D eigenvalue weighted by atomic mass is 16.5. The number of nitrogens with zero attached hydrogens (tertiary/aromatic N) is 3. The molecule has 0 aliphatic rings. The lowest BCUT2D eigenvalue weighted by Crippen LogP contribution is -2.28. The second-order valence-electron chi connectivity index (χ2n) is 5.95. The highest BCUT2D eigenvalue weighted by Crippen LogP contribution is 2.19. The SMILES string of the molecule is COc1ccc(-n2nnc(C(=O)NC[C@@H](C)c3ccccc3)c2N)cc1. The molecule has 1 aromatic heterocycles. The zero-order valence-corrected chi connectivity index (χ0v) is 14.7. The third-order valence-corrected chi connectivity index (χ3v) is 4.17. The van der Waals surface area contributed by atoms with Crippen LogP contribution in [0.3, 0.4) is 0 Å². The lowest BCUT2D eigenvalue weighted by Gasteiger charge is -2.12. The van der Waals surface area contributed by atoms with Gasteiger partial charge in [0.1, 0.15) is 5.75 Å². The molecule has 0 saturated heterocycles. The summed E-state index contributed by atoms with van der Waals surface area (Å²) in [5.41, 5.74) is 8.04. The molecule has 7 heteroatoms. The van der Waals surface area contributed by atoms with E-state index in [-0.39, 0.29) is 23.3 Å². The van der Waals surface area contributed by atoms with Crippen molar-refractivity contribution in [1.82, 2.24) is 20.3 Å². The van der Waals surface area contributed by atoms with E-state index in [4.69, 9.17) is 10.5 Å². The predicted octanol–water partition coefficient (Wildman–Crippen LogP) is 2.39. The molecule has 7 nitrogen and oxygen atoms in total. The third-order valence-electron chi connectivity index (χ3n) is 4.17. The molecule has 26 heavy (non-hydrogen) atoms. The van der Waals surface area contributed by atoms with Gasteiger partial charge in [-0.2, -0.15) is 4.68 Å². The summed E-state index contributed by atoms with van der Waals surface area (Å²) in [4.78, 5) is 12.4. The van der Waals surface area contributed by atoms with Crippen LogP contribution in [0, 0.1) is 0 Å². The van der Waals surface area contributed by atoms with Crippen molar-refractivity contribution < 1.29 is 9.53 Å². The van der Waals surface area contributed by atoms with Crippen molar-refractivity contribution in [2.45, 2.75) is 12.8 Å². The first-order valence-corrected chi connectivity index (χ1v) is 8.29. The largest absolute Gasteiger partial charge is 0.497 e. The third kappa shape index (κ3) is 3.66. The molecular formula is C19H21N5O2. The maximum atomic E-state index is 12.4. The Morgan fingerprint density at radius 2 is 1.88 bits per heavy atom. The van der Waals surface area contributed by atoms with Crippen LogP contribution in [0.15, 0.2) is 54.6 Å². The molecule has 1 heterocycles. The first-order valence-electron chi connectivity index (χ1n) is 8.29. The van der Waals surface area contributed by atoms with Gasteiger partial charge >= 0.3 is 0 Å². The zero-order chi connectivity index (χ0) is 18.5. The summed E-state index contributed by atoms with van der Waals surface area (Å²) in [6.07, 6.45) is 0. The van der Waals surface area contributed by atoms with Crippen molar-refractivity contribution >= 4 is 11.7 Å². The van der Waals surface area contributed by atoms with Crippen LogP contribution in [-0.2, 0) is 0 Å². The first kappa shape index (κ1) is 17.5. The number of hydrogen-bond donors (Lipinski definition) is 2. The van der Waals surface area contributed by atoms with Crippen LogP contribution in [0.4, 0.5) is 5.82 Å². The number of rotatable bonds is 6. The van der Waals surface area contributed by atoms with Gasteiger partial charge in [0.2, 0.25) is 0 Å². The minimum absolute atomic E-state index is 0.112. The van der Waals surface area contributed by atoms with E-state index >= 15 is 0 Å². The topological polar surface area (TPSA) is 95.1 Å². The Kier molecular flexibility index (Phi) is 5.17. The van der Waals surface area contributed by atoms with Crippen molar-refractivity contribution in [3.8, 4) is 11.4 Å². The summed E-state index contributed by atoms with van der Waals surface area (Å²) in [6.45, 7) is 2.53. The van der Waals surface area contributed by atoms with E-state index in [1.807, 2.05) is 37.3 Å². The fraction of sp³-hybridized carbons (Fsp3) is 0.211. The molecular weight excluding hydrogens is 330 g/mol. The second kappa shape index (κ2) is 7.69. The normalized spacial score (nSPS) is 11.8. The molecule has 0 aliphatic heterocycles. The standard InChI is InChI=1S/C19H21N5O2/c1-13(14-6-4-3-5-7-14)12-21-19(25)17-18(20)24(23-22-17)15-8-10-16(26-2)11-9-15/h3-11,13H,12,20H2,1-2H3,(H,21,25)/t13-/m1/s1. The van der Waals surface area contributed by atoms with E-state index in [0.29, 0.717) is 12.2 Å². The molecule has 0 aliphatic carbocycles. The Morgan fingerprint density at radius 1 is 1.19 bits per heavy atom. The average Bonchev–Trinajstić information content (AvgIpc) is 3.08. The van der Waals surface area contributed by atoms with Crippen molar-refractivity contribution in [2.24, 2.45) is 0 Å². The van der Waals surface area contributed by atoms with Gasteiger partial charge in [-0.05, 0) is 35.7 Å². The van der Waals surface area contributed by atoms with Crippen LogP contribution in [0.5, 0.6) is 5.75 Å². The molecule has 134 valence electrons. The van der Waals surface area contributed by atoms with Crippen LogP contribution < -0.4 is 15.8 Å². The van der Waals surface area contributed by atoms with Crippen LogP contribution in [0.25, 0.3) is 5.69 Å². The molecule has 0 saturated carbocycles. The molecule has 0 bridgehead atoms. The fourth-order valence-electron chi connectivity index (χ4n) is 2.59. The number of nitrogens with one attached hydrogen (secondary N) is 1. The first-order chi connectivity index (χ1) is 12.6. The van der Waals surface area contributed by atoms with Gasteiger partial charge in [0, 0.05) is 6.54 Å². The van der Waals surface area contributed by atoms with Gasteiger partial charge in [0.25, 0.3) is 5.91 Å². The van der Waals surface area contributed by atoms with E-state index < -0.39 is 0 Å². The zero-order valence-electron chi connectivity index (χ0n) is 14.7. The maximum absolute atomic E-state index is 12.4.